The zero-order valence-corrected chi connectivity index (χ0v) is 10.3. The number of hydrogen-bond acceptors (Lipinski definition) is 4. The van der Waals surface area contributed by atoms with Crippen molar-refractivity contribution in [3.8, 4) is 0 Å². The molecule has 2 aliphatic heterocycles. The number of nitrogens with one attached hydrogen (secondary N) is 1. The zero-order valence-electron chi connectivity index (χ0n) is 10.3. The molecule has 2 heterocycles. The third kappa shape index (κ3) is 2.56. The smallest absolute Gasteiger partial charge is 0.0972 e. The first-order chi connectivity index (χ1) is 7.52. The van der Waals surface area contributed by atoms with Gasteiger partial charge in [-0.3, -0.25) is 0 Å². The number of piperidine rings is 1. The van der Waals surface area contributed by atoms with Gasteiger partial charge in [0.05, 0.1) is 12.2 Å². The lowest BCUT2D eigenvalue weighted by atomic mass is 9.97. The molecular weight excluding hydrogens is 204 g/mol. The van der Waals surface area contributed by atoms with Gasteiger partial charge in [-0.05, 0) is 39.7 Å². The Hall–Kier alpha value is -0.160. The third-order valence-electron chi connectivity index (χ3n) is 4.21. The molecule has 0 aromatic heterocycles. The average molecular weight is 228 g/mol. The molecule has 0 aliphatic carbocycles. The summed E-state index contributed by atoms with van der Waals surface area (Å²) < 4.78 is 0. The van der Waals surface area contributed by atoms with Gasteiger partial charge in [0.25, 0.3) is 0 Å². The third-order valence-corrected chi connectivity index (χ3v) is 4.21. The Balaban J connectivity index is 1.81. The van der Waals surface area contributed by atoms with Crippen molar-refractivity contribution in [1.29, 1.82) is 0 Å². The first-order valence-corrected chi connectivity index (χ1v) is 6.30. The van der Waals surface area contributed by atoms with E-state index >= 15 is 0 Å². The van der Waals surface area contributed by atoms with Gasteiger partial charge in [0.1, 0.15) is 0 Å². The fraction of sp³-hybridized carbons (Fsp3) is 1.00. The molecule has 2 aliphatic rings. The predicted octanol–water partition coefficient (Wildman–Crippen LogP) is -0.0555. The van der Waals surface area contributed by atoms with Crippen LogP contribution in [0.4, 0.5) is 0 Å². The van der Waals surface area contributed by atoms with E-state index in [4.69, 9.17) is 5.11 Å². The van der Waals surface area contributed by atoms with E-state index in [0.717, 1.165) is 12.1 Å². The monoisotopic (exact) mass is 228 g/mol. The Labute approximate surface area is 97.6 Å². The van der Waals surface area contributed by atoms with Crippen LogP contribution in [0.5, 0.6) is 0 Å². The summed E-state index contributed by atoms with van der Waals surface area (Å²) in [5.74, 6) is 0. The fourth-order valence-electron chi connectivity index (χ4n) is 3.00. The number of nitrogens with zero attached hydrogens (tertiary/aromatic N) is 1. The highest BCUT2D eigenvalue weighted by Crippen LogP contribution is 2.34. The molecule has 3 unspecified atom stereocenters. The largest absolute Gasteiger partial charge is 0.393 e. The summed E-state index contributed by atoms with van der Waals surface area (Å²) >= 11 is 0. The van der Waals surface area contributed by atoms with E-state index in [1.165, 1.54) is 25.7 Å². The molecule has 4 nitrogen and oxygen atoms in total. The van der Waals surface area contributed by atoms with Gasteiger partial charge in [-0.15, -0.1) is 0 Å². The van der Waals surface area contributed by atoms with Crippen LogP contribution in [0.25, 0.3) is 0 Å². The number of aliphatic hydroxyl groups is 2. The second-order valence-corrected chi connectivity index (χ2v) is 5.75. The van der Waals surface area contributed by atoms with Crippen LogP contribution in [0.1, 0.15) is 32.6 Å². The van der Waals surface area contributed by atoms with Gasteiger partial charge in [0.2, 0.25) is 0 Å². The number of aliphatic hydroxyl groups excluding tert-OH is 1. The first-order valence-electron chi connectivity index (χ1n) is 6.30. The van der Waals surface area contributed by atoms with Gasteiger partial charge in [-0.1, -0.05) is 0 Å². The van der Waals surface area contributed by atoms with E-state index in [0.29, 0.717) is 12.6 Å². The molecular formula is C12H24N2O2. The van der Waals surface area contributed by atoms with Crippen molar-refractivity contribution in [2.24, 2.45) is 0 Å². The van der Waals surface area contributed by atoms with Gasteiger partial charge in [0, 0.05) is 24.7 Å². The molecule has 2 saturated heterocycles. The summed E-state index contributed by atoms with van der Waals surface area (Å²) in [7, 11) is 2.22. The summed E-state index contributed by atoms with van der Waals surface area (Å²) in [5, 5.41) is 22.1. The summed E-state index contributed by atoms with van der Waals surface area (Å²) in [6.07, 6.45) is 4.98. The lowest BCUT2D eigenvalue weighted by Crippen LogP contribution is -2.51. The minimum absolute atomic E-state index is 0.181. The minimum Gasteiger partial charge on any atom is -0.393 e. The lowest BCUT2D eigenvalue weighted by molar-refractivity contribution is -0.00209. The second kappa shape index (κ2) is 4.61. The Morgan fingerprint density at radius 1 is 1.31 bits per heavy atom. The maximum absolute atomic E-state index is 9.73. The van der Waals surface area contributed by atoms with E-state index < -0.39 is 5.60 Å². The molecule has 2 bridgehead atoms. The number of hydrogen-bond donors (Lipinski definition) is 3. The molecule has 0 spiro atoms. The maximum atomic E-state index is 9.73. The van der Waals surface area contributed by atoms with Gasteiger partial charge < -0.3 is 20.4 Å². The van der Waals surface area contributed by atoms with Crippen LogP contribution in [0, 0.1) is 0 Å². The molecule has 2 rings (SSSR count). The van der Waals surface area contributed by atoms with Crippen LogP contribution in [0.2, 0.25) is 0 Å². The molecule has 3 N–H and O–H groups in total. The molecule has 2 fully saturated rings. The standard InChI is InChI=1S/C12H24N2O2/c1-12(16,8-15)7-13-9-5-10-3-4-11(6-9)14(10)2/h9-11,13,15-16H,3-8H2,1-2H3. The first kappa shape index (κ1) is 12.3. The molecule has 0 radical (unpaired) electrons. The zero-order chi connectivity index (χ0) is 11.8. The van der Waals surface area contributed by atoms with Crippen LogP contribution < -0.4 is 5.32 Å². The summed E-state index contributed by atoms with van der Waals surface area (Å²) in [6.45, 7) is 1.97. The van der Waals surface area contributed by atoms with E-state index in [2.05, 4.69) is 17.3 Å². The molecule has 0 saturated carbocycles. The summed E-state index contributed by atoms with van der Waals surface area (Å²) in [6, 6.07) is 1.94. The normalized spacial score (nSPS) is 38.6. The molecule has 0 amide bonds. The predicted molar refractivity (Wildman–Crippen MR) is 63.3 cm³/mol. The highest BCUT2D eigenvalue weighted by atomic mass is 16.3. The van der Waals surface area contributed by atoms with E-state index in [1.807, 2.05) is 0 Å². The SMILES string of the molecule is CN1C2CCC1CC(NCC(C)(O)CO)C2. The van der Waals surface area contributed by atoms with E-state index in [1.54, 1.807) is 6.92 Å². The number of fused-ring (bicyclic) bond motifs is 2. The van der Waals surface area contributed by atoms with E-state index in [9.17, 15) is 5.11 Å². The highest BCUT2D eigenvalue weighted by Gasteiger charge is 2.38. The summed E-state index contributed by atoms with van der Waals surface area (Å²) in [4.78, 5) is 2.50. The van der Waals surface area contributed by atoms with Crippen LogP contribution in [0.3, 0.4) is 0 Å². The fourth-order valence-corrected chi connectivity index (χ4v) is 3.00. The van der Waals surface area contributed by atoms with E-state index in [-0.39, 0.29) is 6.61 Å². The second-order valence-electron chi connectivity index (χ2n) is 5.75. The number of rotatable bonds is 4. The average Bonchev–Trinajstić information content (AvgIpc) is 2.51. The van der Waals surface area contributed by atoms with Crippen molar-refractivity contribution in [1.82, 2.24) is 10.2 Å². The topological polar surface area (TPSA) is 55.7 Å². The lowest BCUT2D eigenvalue weighted by Gasteiger charge is -2.37. The minimum atomic E-state index is -0.984. The Kier molecular flexibility index (Phi) is 3.54. The van der Waals surface area contributed by atoms with Crippen LogP contribution in [-0.2, 0) is 0 Å². The van der Waals surface area contributed by atoms with Crippen molar-refractivity contribution in [3.63, 3.8) is 0 Å². The van der Waals surface area contributed by atoms with Crippen molar-refractivity contribution in [3.05, 3.63) is 0 Å². The highest BCUT2D eigenvalue weighted by molar-refractivity contribution is 4.96. The molecule has 0 aromatic rings. The quantitative estimate of drug-likeness (QED) is 0.631. The Bertz CT molecular complexity index is 231. The van der Waals surface area contributed by atoms with Crippen LogP contribution in [0.15, 0.2) is 0 Å². The molecule has 16 heavy (non-hydrogen) atoms. The van der Waals surface area contributed by atoms with Crippen LogP contribution >= 0.6 is 0 Å². The summed E-state index contributed by atoms with van der Waals surface area (Å²) in [5.41, 5.74) is -0.984. The van der Waals surface area contributed by atoms with Gasteiger partial charge >= 0.3 is 0 Å². The van der Waals surface area contributed by atoms with Crippen molar-refractivity contribution < 1.29 is 10.2 Å². The van der Waals surface area contributed by atoms with Crippen LogP contribution in [-0.4, -0.2) is 59.0 Å². The van der Waals surface area contributed by atoms with Gasteiger partial charge in [-0.25, -0.2) is 0 Å². The van der Waals surface area contributed by atoms with Gasteiger partial charge in [0.15, 0.2) is 0 Å². The van der Waals surface area contributed by atoms with Crippen molar-refractivity contribution in [2.45, 2.75) is 56.3 Å². The molecule has 3 atom stereocenters. The van der Waals surface area contributed by atoms with Crippen molar-refractivity contribution in [2.75, 3.05) is 20.2 Å². The maximum Gasteiger partial charge on any atom is 0.0972 e. The molecule has 4 heteroatoms. The Morgan fingerprint density at radius 3 is 2.38 bits per heavy atom. The molecule has 0 aromatic carbocycles. The molecule has 94 valence electrons. The van der Waals surface area contributed by atoms with Gasteiger partial charge in [-0.2, -0.15) is 0 Å². The van der Waals surface area contributed by atoms with Crippen molar-refractivity contribution >= 4 is 0 Å². The Morgan fingerprint density at radius 2 is 1.88 bits per heavy atom.